The van der Waals surface area contributed by atoms with Crippen LogP contribution in [-0.2, 0) is 22.4 Å². The van der Waals surface area contributed by atoms with E-state index in [4.69, 9.17) is 4.74 Å². The molecule has 1 aromatic carbocycles. The molecule has 1 amide bonds. The molecular weight excluding hydrogens is 334 g/mol. The van der Waals surface area contributed by atoms with Gasteiger partial charge in [0.1, 0.15) is 5.00 Å². The Balaban J connectivity index is 1.87. The first-order chi connectivity index (χ1) is 12.2. The van der Waals surface area contributed by atoms with Crippen LogP contribution in [0.4, 0.5) is 5.00 Å². The van der Waals surface area contributed by atoms with E-state index >= 15 is 0 Å². The third-order valence-corrected chi connectivity index (χ3v) is 5.77. The zero-order chi connectivity index (χ0) is 17.8. The number of carbonyl (C=O) groups excluding carboxylic acids is 2. The first-order valence-electron chi connectivity index (χ1n) is 8.83. The molecule has 0 fully saturated rings. The van der Waals surface area contributed by atoms with E-state index in [9.17, 15) is 9.59 Å². The largest absolute Gasteiger partial charge is 0.462 e. The minimum Gasteiger partial charge on any atom is -0.462 e. The molecule has 25 heavy (non-hydrogen) atoms. The topological polar surface area (TPSA) is 55.4 Å². The number of nitrogens with one attached hydrogen (secondary N) is 1. The van der Waals surface area contributed by atoms with Crippen molar-refractivity contribution in [1.82, 2.24) is 0 Å². The molecule has 132 valence electrons. The van der Waals surface area contributed by atoms with Crippen LogP contribution in [0, 0.1) is 0 Å². The number of carbonyl (C=O) groups is 2. The van der Waals surface area contributed by atoms with Crippen molar-refractivity contribution in [3.63, 3.8) is 0 Å². The van der Waals surface area contributed by atoms with Gasteiger partial charge in [-0.05, 0) is 43.7 Å². The smallest absolute Gasteiger partial charge is 0.341 e. The standard InChI is InChI=1S/C20H23NO3S/c1-3-14(13-9-6-5-7-10-13)18(22)21-19-17(20(23)24-4-2)15-11-8-12-16(15)25-19/h5-7,9-10,14H,3-4,8,11-12H2,1-2H3,(H,21,22)/t14-/m1/s1. The van der Waals surface area contributed by atoms with Crippen molar-refractivity contribution in [2.24, 2.45) is 0 Å². The molecule has 5 heteroatoms. The van der Waals surface area contributed by atoms with Gasteiger partial charge in [0.05, 0.1) is 18.1 Å². The zero-order valence-electron chi connectivity index (χ0n) is 14.6. The maximum Gasteiger partial charge on any atom is 0.341 e. The van der Waals surface area contributed by atoms with E-state index in [2.05, 4.69) is 5.32 Å². The summed E-state index contributed by atoms with van der Waals surface area (Å²) in [5, 5.41) is 3.65. The highest BCUT2D eigenvalue weighted by atomic mass is 32.1. The lowest BCUT2D eigenvalue weighted by molar-refractivity contribution is -0.117. The first kappa shape index (κ1) is 17.7. The maximum absolute atomic E-state index is 12.8. The SMILES string of the molecule is CCOC(=O)c1c(NC(=O)[C@H](CC)c2ccccc2)sc2c1CCC2. The highest BCUT2D eigenvalue weighted by molar-refractivity contribution is 7.17. The molecule has 1 N–H and O–H groups in total. The highest BCUT2D eigenvalue weighted by Crippen LogP contribution is 2.40. The summed E-state index contributed by atoms with van der Waals surface area (Å²) in [5.74, 6) is -0.627. The molecule has 4 nitrogen and oxygen atoms in total. The van der Waals surface area contributed by atoms with Gasteiger partial charge in [-0.25, -0.2) is 4.79 Å². The summed E-state index contributed by atoms with van der Waals surface area (Å²) < 4.78 is 5.22. The number of anilines is 1. The van der Waals surface area contributed by atoms with Crippen LogP contribution in [0.25, 0.3) is 0 Å². The van der Waals surface area contributed by atoms with E-state index < -0.39 is 0 Å². The number of aryl methyl sites for hydroxylation is 1. The van der Waals surface area contributed by atoms with E-state index in [-0.39, 0.29) is 17.8 Å². The first-order valence-corrected chi connectivity index (χ1v) is 9.64. The van der Waals surface area contributed by atoms with Gasteiger partial charge in [0, 0.05) is 4.88 Å². The Morgan fingerprint density at radius 2 is 1.96 bits per heavy atom. The number of fused-ring (bicyclic) bond motifs is 1. The molecule has 2 aromatic rings. The van der Waals surface area contributed by atoms with Crippen LogP contribution < -0.4 is 5.32 Å². The lowest BCUT2D eigenvalue weighted by Gasteiger charge is -2.15. The Morgan fingerprint density at radius 3 is 2.64 bits per heavy atom. The second-order valence-corrected chi connectivity index (χ2v) is 7.25. The number of thiophene rings is 1. The lowest BCUT2D eigenvalue weighted by Crippen LogP contribution is -2.21. The van der Waals surface area contributed by atoms with E-state index in [1.807, 2.05) is 37.3 Å². The Bertz CT molecular complexity index is 767. The van der Waals surface area contributed by atoms with Crippen molar-refractivity contribution in [2.75, 3.05) is 11.9 Å². The molecule has 1 atom stereocenters. The third kappa shape index (κ3) is 3.61. The van der Waals surface area contributed by atoms with Gasteiger partial charge in [-0.3, -0.25) is 4.79 Å². The summed E-state index contributed by atoms with van der Waals surface area (Å²) in [6.07, 6.45) is 3.61. The van der Waals surface area contributed by atoms with Crippen LogP contribution in [0.2, 0.25) is 0 Å². The Kier molecular flexibility index (Phi) is 5.53. The van der Waals surface area contributed by atoms with Crippen molar-refractivity contribution < 1.29 is 14.3 Å². The molecule has 0 saturated heterocycles. The number of rotatable bonds is 6. The lowest BCUT2D eigenvalue weighted by atomic mass is 9.95. The van der Waals surface area contributed by atoms with Crippen molar-refractivity contribution in [3.8, 4) is 0 Å². The fraction of sp³-hybridized carbons (Fsp3) is 0.400. The second kappa shape index (κ2) is 7.83. The third-order valence-electron chi connectivity index (χ3n) is 4.56. The number of benzene rings is 1. The molecular formula is C20H23NO3S. The molecule has 0 radical (unpaired) electrons. The summed E-state index contributed by atoms with van der Waals surface area (Å²) in [4.78, 5) is 26.5. The molecule has 1 heterocycles. The average molecular weight is 357 g/mol. The Labute approximate surface area is 152 Å². The molecule has 1 aliphatic rings. The Morgan fingerprint density at radius 1 is 1.20 bits per heavy atom. The number of ether oxygens (including phenoxy) is 1. The van der Waals surface area contributed by atoms with Gasteiger partial charge in [0.15, 0.2) is 0 Å². The van der Waals surface area contributed by atoms with Gasteiger partial charge in [0.25, 0.3) is 0 Å². The Hall–Kier alpha value is -2.14. The van der Waals surface area contributed by atoms with Gasteiger partial charge in [-0.1, -0.05) is 37.3 Å². The maximum atomic E-state index is 12.8. The minimum absolute atomic E-state index is 0.0702. The molecule has 0 unspecified atom stereocenters. The predicted molar refractivity (Wildman–Crippen MR) is 100 cm³/mol. The normalized spacial score (nSPS) is 14.0. The molecule has 3 rings (SSSR count). The van der Waals surface area contributed by atoms with Crippen LogP contribution in [0.5, 0.6) is 0 Å². The van der Waals surface area contributed by atoms with Crippen molar-refractivity contribution >= 4 is 28.2 Å². The van der Waals surface area contributed by atoms with Gasteiger partial charge in [0.2, 0.25) is 5.91 Å². The van der Waals surface area contributed by atoms with Crippen molar-refractivity contribution in [1.29, 1.82) is 0 Å². The quantitative estimate of drug-likeness (QED) is 0.772. The molecule has 1 aromatic heterocycles. The number of hydrogen-bond donors (Lipinski definition) is 1. The molecule has 0 aliphatic heterocycles. The van der Waals surface area contributed by atoms with Crippen LogP contribution in [-0.4, -0.2) is 18.5 Å². The predicted octanol–water partition coefficient (Wildman–Crippen LogP) is 4.55. The van der Waals surface area contributed by atoms with E-state index in [1.165, 1.54) is 16.2 Å². The van der Waals surface area contributed by atoms with Gasteiger partial charge in [-0.15, -0.1) is 11.3 Å². The molecule has 0 bridgehead atoms. The van der Waals surface area contributed by atoms with Crippen LogP contribution in [0.15, 0.2) is 30.3 Å². The summed E-state index contributed by atoms with van der Waals surface area (Å²) in [6.45, 7) is 4.13. The van der Waals surface area contributed by atoms with Crippen LogP contribution >= 0.6 is 11.3 Å². The molecule has 0 spiro atoms. The van der Waals surface area contributed by atoms with Crippen LogP contribution in [0.3, 0.4) is 0 Å². The summed E-state index contributed by atoms with van der Waals surface area (Å²) >= 11 is 1.52. The van der Waals surface area contributed by atoms with E-state index in [0.717, 1.165) is 30.4 Å². The van der Waals surface area contributed by atoms with Crippen LogP contribution in [0.1, 0.15) is 59.0 Å². The molecule has 1 aliphatic carbocycles. The van der Waals surface area contributed by atoms with Crippen molar-refractivity contribution in [2.45, 2.75) is 45.4 Å². The average Bonchev–Trinajstić information content (AvgIpc) is 3.17. The van der Waals surface area contributed by atoms with Gasteiger partial charge >= 0.3 is 5.97 Å². The summed E-state index contributed by atoms with van der Waals surface area (Å²) in [7, 11) is 0. The van der Waals surface area contributed by atoms with Gasteiger partial charge in [-0.2, -0.15) is 0 Å². The zero-order valence-corrected chi connectivity index (χ0v) is 15.4. The summed E-state index contributed by atoms with van der Waals surface area (Å²) in [6, 6.07) is 9.75. The van der Waals surface area contributed by atoms with E-state index in [0.29, 0.717) is 23.6 Å². The number of hydrogen-bond acceptors (Lipinski definition) is 4. The number of esters is 1. The second-order valence-electron chi connectivity index (χ2n) is 6.14. The summed E-state index contributed by atoms with van der Waals surface area (Å²) in [5.41, 5.74) is 2.62. The fourth-order valence-electron chi connectivity index (χ4n) is 3.37. The monoisotopic (exact) mass is 357 g/mol. The number of amides is 1. The van der Waals surface area contributed by atoms with E-state index in [1.54, 1.807) is 6.92 Å². The fourth-order valence-corrected chi connectivity index (χ4v) is 4.65. The van der Waals surface area contributed by atoms with Crippen molar-refractivity contribution in [3.05, 3.63) is 51.9 Å². The minimum atomic E-state index is -0.329. The highest BCUT2D eigenvalue weighted by Gasteiger charge is 2.29. The molecule has 0 saturated carbocycles. The van der Waals surface area contributed by atoms with Gasteiger partial charge < -0.3 is 10.1 Å².